The summed E-state index contributed by atoms with van der Waals surface area (Å²) >= 11 is 0. The van der Waals surface area contributed by atoms with Crippen LogP contribution in [0.15, 0.2) is 24.3 Å². The number of fused-ring (bicyclic) bond motifs is 3. The zero-order chi connectivity index (χ0) is 19.9. The zero-order valence-electron chi connectivity index (χ0n) is 18.4. The molecule has 3 saturated heterocycles. The van der Waals surface area contributed by atoms with Gasteiger partial charge >= 0.3 is 0 Å². The SMILES string of the molecule is c1ccc2c(c1)nc([C@H]1CCNC1)n2C1CC2CCC(C1)N2CC1CCCCCC1. The number of nitrogens with zero attached hydrogens (tertiary/aromatic N) is 3. The molecule has 1 aliphatic carbocycles. The van der Waals surface area contributed by atoms with E-state index in [1.165, 1.54) is 94.0 Å². The molecule has 0 radical (unpaired) electrons. The maximum absolute atomic E-state index is 5.17. The summed E-state index contributed by atoms with van der Waals surface area (Å²) in [5.74, 6) is 2.91. The highest BCUT2D eigenvalue weighted by Gasteiger charge is 2.43. The minimum atomic E-state index is 0.582. The van der Waals surface area contributed by atoms with Crippen molar-refractivity contribution in [3.63, 3.8) is 0 Å². The van der Waals surface area contributed by atoms with E-state index in [1.807, 2.05) is 0 Å². The van der Waals surface area contributed by atoms with Crippen molar-refractivity contribution in [3.05, 3.63) is 30.1 Å². The number of piperidine rings is 1. The maximum Gasteiger partial charge on any atom is 0.114 e. The van der Waals surface area contributed by atoms with Crippen molar-refractivity contribution in [2.45, 2.75) is 94.7 Å². The quantitative estimate of drug-likeness (QED) is 0.704. The van der Waals surface area contributed by atoms with Crippen LogP contribution in [0.25, 0.3) is 11.0 Å². The van der Waals surface area contributed by atoms with Gasteiger partial charge in [-0.1, -0.05) is 37.8 Å². The number of rotatable bonds is 4. The Hall–Kier alpha value is -1.39. The van der Waals surface area contributed by atoms with Gasteiger partial charge in [-0.25, -0.2) is 4.98 Å². The van der Waals surface area contributed by atoms with Crippen LogP contribution in [0, 0.1) is 5.92 Å². The van der Waals surface area contributed by atoms with Gasteiger partial charge in [-0.3, -0.25) is 4.90 Å². The Morgan fingerprint density at radius 1 is 0.867 bits per heavy atom. The second-order valence-corrected chi connectivity index (χ2v) is 10.6. The number of hydrogen-bond acceptors (Lipinski definition) is 3. The van der Waals surface area contributed by atoms with Crippen molar-refractivity contribution in [1.29, 1.82) is 0 Å². The van der Waals surface area contributed by atoms with Gasteiger partial charge in [0.15, 0.2) is 0 Å². The Morgan fingerprint density at radius 3 is 2.37 bits per heavy atom. The molecule has 0 spiro atoms. The summed E-state index contributed by atoms with van der Waals surface area (Å²) in [5.41, 5.74) is 2.58. The van der Waals surface area contributed by atoms with Gasteiger partial charge in [0.25, 0.3) is 0 Å². The summed E-state index contributed by atoms with van der Waals surface area (Å²) in [6.07, 6.45) is 15.6. The van der Waals surface area contributed by atoms with Crippen molar-refractivity contribution >= 4 is 11.0 Å². The van der Waals surface area contributed by atoms with Crippen molar-refractivity contribution in [2.24, 2.45) is 5.92 Å². The Kier molecular flexibility index (Phi) is 5.32. The van der Waals surface area contributed by atoms with E-state index in [9.17, 15) is 0 Å². The van der Waals surface area contributed by atoms with E-state index in [1.54, 1.807) is 0 Å². The van der Waals surface area contributed by atoms with Crippen molar-refractivity contribution in [2.75, 3.05) is 19.6 Å². The molecule has 2 bridgehead atoms. The van der Waals surface area contributed by atoms with Gasteiger partial charge in [0, 0.05) is 37.1 Å². The lowest BCUT2D eigenvalue weighted by atomic mass is 9.92. The first-order valence-electron chi connectivity index (χ1n) is 12.8. The van der Waals surface area contributed by atoms with Gasteiger partial charge in [0.2, 0.25) is 0 Å². The fraction of sp³-hybridized carbons (Fsp3) is 0.731. The number of aromatic nitrogens is 2. The van der Waals surface area contributed by atoms with E-state index in [0.29, 0.717) is 12.0 Å². The molecule has 1 saturated carbocycles. The molecule has 30 heavy (non-hydrogen) atoms. The van der Waals surface area contributed by atoms with Crippen molar-refractivity contribution < 1.29 is 0 Å². The van der Waals surface area contributed by atoms with Gasteiger partial charge in [-0.15, -0.1) is 0 Å². The van der Waals surface area contributed by atoms with E-state index >= 15 is 0 Å². The third-order valence-corrected chi connectivity index (χ3v) is 8.72. The summed E-state index contributed by atoms with van der Waals surface area (Å²) in [6.45, 7) is 3.61. The molecule has 4 fully saturated rings. The first-order chi connectivity index (χ1) is 14.9. The monoisotopic (exact) mass is 406 g/mol. The topological polar surface area (TPSA) is 33.1 Å². The third-order valence-electron chi connectivity index (χ3n) is 8.72. The molecule has 2 unspecified atom stereocenters. The van der Waals surface area contributed by atoms with Gasteiger partial charge < -0.3 is 9.88 Å². The smallest absolute Gasteiger partial charge is 0.114 e. The number of para-hydroxylation sites is 2. The van der Waals surface area contributed by atoms with E-state index < -0.39 is 0 Å². The van der Waals surface area contributed by atoms with Gasteiger partial charge in [-0.05, 0) is 69.5 Å². The first kappa shape index (κ1) is 19.3. The second kappa shape index (κ2) is 8.27. The molecule has 4 heteroatoms. The molecule has 2 aromatic rings. The summed E-state index contributed by atoms with van der Waals surface area (Å²) in [4.78, 5) is 8.13. The van der Waals surface area contributed by atoms with E-state index in [2.05, 4.69) is 39.0 Å². The molecule has 6 rings (SSSR count). The van der Waals surface area contributed by atoms with Gasteiger partial charge in [0.1, 0.15) is 5.82 Å². The molecule has 162 valence electrons. The lowest BCUT2D eigenvalue weighted by molar-refractivity contribution is 0.0855. The minimum absolute atomic E-state index is 0.582. The van der Waals surface area contributed by atoms with Crippen LogP contribution in [0.4, 0.5) is 0 Å². The minimum Gasteiger partial charge on any atom is -0.324 e. The summed E-state index contributed by atoms with van der Waals surface area (Å²) in [7, 11) is 0. The van der Waals surface area contributed by atoms with Crippen LogP contribution in [0.1, 0.15) is 88.4 Å². The highest BCUT2D eigenvalue weighted by atomic mass is 15.2. The van der Waals surface area contributed by atoms with Crippen LogP contribution in [0.3, 0.4) is 0 Å². The first-order valence-corrected chi connectivity index (χ1v) is 12.8. The lowest BCUT2D eigenvalue weighted by Crippen LogP contribution is -2.45. The molecular weight excluding hydrogens is 368 g/mol. The number of nitrogens with one attached hydrogen (secondary N) is 1. The molecule has 0 amide bonds. The second-order valence-electron chi connectivity index (χ2n) is 10.6. The highest BCUT2D eigenvalue weighted by Crippen LogP contribution is 2.44. The zero-order valence-corrected chi connectivity index (χ0v) is 18.4. The van der Waals surface area contributed by atoms with Crippen LogP contribution in [-0.4, -0.2) is 46.2 Å². The highest BCUT2D eigenvalue weighted by molar-refractivity contribution is 5.76. The van der Waals surface area contributed by atoms with Gasteiger partial charge in [0.05, 0.1) is 11.0 Å². The Balaban J connectivity index is 1.26. The van der Waals surface area contributed by atoms with Crippen LogP contribution in [0.2, 0.25) is 0 Å². The van der Waals surface area contributed by atoms with E-state index in [0.717, 1.165) is 31.1 Å². The van der Waals surface area contributed by atoms with Crippen molar-refractivity contribution in [1.82, 2.24) is 19.8 Å². The molecule has 3 aliphatic heterocycles. The summed E-state index contributed by atoms with van der Waals surface area (Å²) < 4.78 is 2.70. The predicted octanol–water partition coefficient (Wildman–Crippen LogP) is 5.25. The predicted molar refractivity (Wildman–Crippen MR) is 123 cm³/mol. The molecule has 3 atom stereocenters. The largest absolute Gasteiger partial charge is 0.324 e. The van der Waals surface area contributed by atoms with Crippen LogP contribution >= 0.6 is 0 Å². The molecule has 4 nitrogen and oxygen atoms in total. The third kappa shape index (κ3) is 3.50. The molecule has 1 N–H and O–H groups in total. The molecular formula is C26H38N4. The van der Waals surface area contributed by atoms with Crippen LogP contribution in [0.5, 0.6) is 0 Å². The number of benzene rings is 1. The average molecular weight is 407 g/mol. The van der Waals surface area contributed by atoms with Crippen LogP contribution in [-0.2, 0) is 0 Å². The van der Waals surface area contributed by atoms with E-state index in [-0.39, 0.29) is 0 Å². The summed E-state index contributed by atoms with van der Waals surface area (Å²) in [6, 6.07) is 11.1. The van der Waals surface area contributed by atoms with Crippen LogP contribution < -0.4 is 5.32 Å². The number of hydrogen-bond donors (Lipinski definition) is 1. The maximum atomic E-state index is 5.17. The fourth-order valence-corrected chi connectivity index (χ4v) is 7.21. The molecule has 4 aliphatic rings. The van der Waals surface area contributed by atoms with E-state index in [4.69, 9.17) is 4.98 Å². The molecule has 4 heterocycles. The standard InChI is InChI=1S/C26H38N4/c1-2-4-8-19(7-3-1)18-29-21-11-12-22(29)16-23(15-21)30-25-10-6-5-9-24(25)28-26(30)20-13-14-27-17-20/h5-6,9-10,19-23,27H,1-4,7-8,11-18H2/t20-,21?,22?,23?/m0/s1. The molecule has 1 aromatic heterocycles. The van der Waals surface area contributed by atoms with Gasteiger partial charge in [-0.2, -0.15) is 0 Å². The molecule has 1 aromatic carbocycles. The lowest BCUT2D eigenvalue weighted by Gasteiger charge is -2.41. The Labute approximate surface area is 181 Å². The Bertz CT molecular complexity index is 845. The normalized spacial score (nSPS) is 33.3. The Morgan fingerprint density at radius 2 is 1.63 bits per heavy atom. The fourth-order valence-electron chi connectivity index (χ4n) is 7.21. The average Bonchev–Trinajstić information content (AvgIpc) is 3.41. The van der Waals surface area contributed by atoms with Crippen molar-refractivity contribution in [3.8, 4) is 0 Å². The summed E-state index contributed by atoms with van der Waals surface area (Å²) in [5, 5.41) is 3.57. The number of imidazole rings is 1.